The summed E-state index contributed by atoms with van der Waals surface area (Å²) in [5.41, 5.74) is 2.09. The molecule has 0 aliphatic rings. The van der Waals surface area contributed by atoms with E-state index in [9.17, 15) is 4.79 Å². The summed E-state index contributed by atoms with van der Waals surface area (Å²) in [6.07, 6.45) is 1.29. The molecule has 17 heavy (non-hydrogen) atoms. The lowest BCUT2D eigenvalue weighted by molar-refractivity contribution is -0.140. The third-order valence-corrected chi connectivity index (χ3v) is 2.53. The average Bonchev–Trinajstić information content (AvgIpc) is 2.28. The summed E-state index contributed by atoms with van der Waals surface area (Å²) in [5, 5.41) is 0. The molecule has 0 aromatic carbocycles. The number of aryl methyl sites for hydroxylation is 1. The summed E-state index contributed by atoms with van der Waals surface area (Å²) >= 11 is 0. The Bertz CT molecular complexity index is 366. The van der Waals surface area contributed by atoms with Crippen LogP contribution in [0.4, 0.5) is 0 Å². The third kappa shape index (κ3) is 5.45. The quantitative estimate of drug-likeness (QED) is 0.706. The van der Waals surface area contributed by atoms with E-state index in [-0.39, 0.29) is 5.97 Å². The first-order valence-corrected chi connectivity index (χ1v) is 5.79. The number of methoxy groups -OCH3 is 1. The second-order valence-corrected chi connectivity index (χ2v) is 4.19. The summed E-state index contributed by atoms with van der Waals surface area (Å²) in [6, 6.07) is 6.02. The van der Waals surface area contributed by atoms with E-state index in [1.54, 1.807) is 0 Å². The van der Waals surface area contributed by atoms with Gasteiger partial charge in [-0.2, -0.15) is 0 Å². The molecule has 0 radical (unpaired) electrons. The van der Waals surface area contributed by atoms with Gasteiger partial charge in [0.15, 0.2) is 0 Å². The minimum Gasteiger partial charge on any atom is -0.469 e. The highest BCUT2D eigenvalue weighted by molar-refractivity contribution is 5.69. The Morgan fingerprint density at radius 1 is 1.47 bits per heavy atom. The molecule has 0 saturated heterocycles. The highest BCUT2D eigenvalue weighted by Gasteiger charge is 2.04. The van der Waals surface area contributed by atoms with Crippen LogP contribution in [0.15, 0.2) is 18.2 Å². The fraction of sp³-hybridized carbons (Fsp3) is 0.538. The molecule has 1 aromatic rings. The SMILES string of the molecule is COC(=O)CCCN(C)Cc1cccc(C)n1. The Kier molecular flexibility index (Phi) is 5.63. The number of hydrogen-bond acceptors (Lipinski definition) is 4. The van der Waals surface area contributed by atoms with Gasteiger partial charge >= 0.3 is 5.97 Å². The average molecular weight is 236 g/mol. The molecule has 0 saturated carbocycles. The number of carbonyl (C=O) groups is 1. The van der Waals surface area contributed by atoms with Crippen molar-refractivity contribution < 1.29 is 9.53 Å². The van der Waals surface area contributed by atoms with E-state index in [0.717, 1.165) is 30.9 Å². The van der Waals surface area contributed by atoms with Crippen LogP contribution in [0.3, 0.4) is 0 Å². The smallest absolute Gasteiger partial charge is 0.305 e. The maximum atomic E-state index is 10.9. The van der Waals surface area contributed by atoms with E-state index in [2.05, 4.69) is 14.6 Å². The lowest BCUT2D eigenvalue weighted by Crippen LogP contribution is -2.20. The standard InChI is InChI=1S/C13H20N2O2/c1-11-6-4-7-12(14-11)10-15(2)9-5-8-13(16)17-3/h4,6-7H,5,8-10H2,1-3H3. The van der Waals surface area contributed by atoms with Gasteiger partial charge in [-0.3, -0.25) is 9.78 Å². The molecule has 4 nitrogen and oxygen atoms in total. The molecule has 0 aliphatic carbocycles. The van der Waals surface area contributed by atoms with Crippen molar-refractivity contribution in [2.45, 2.75) is 26.3 Å². The molecule has 94 valence electrons. The first-order valence-electron chi connectivity index (χ1n) is 5.79. The Balaban J connectivity index is 2.29. The van der Waals surface area contributed by atoms with Crippen molar-refractivity contribution in [1.82, 2.24) is 9.88 Å². The second-order valence-electron chi connectivity index (χ2n) is 4.19. The predicted octanol–water partition coefficient (Wildman–Crippen LogP) is 1.78. The summed E-state index contributed by atoms with van der Waals surface area (Å²) in [4.78, 5) is 17.5. The van der Waals surface area contributed by atoms with Crippen molar-refractivity contribution >= 4 is 5.97 Å². The van der Waals surface area contributed by atoms with Gasteiger partial charge in [0, 0.05) is 18.7 Å². The van der Waals surface area contributed by atoms with Crippen LogP contribution >= 0.6 is 0 Å². The van der Waals surface area contributed by atoms with Gasteiger partial charge in [0.05, 0.1) is 12.8 Å². The minimum absolute atomic E-state index is 0.146. The van der Waals surface area contributed by atoms with Gasteiger partial charge in [0.2, 0.25) is 0 Å². The van der Waals surface area contributed by atoms with Crippen LogP contribution < -0.4 is 0 Å². The zero-order chi connectivity index (χ0) is 12.7. The second kappa shape index (κ2) is 7.01. The van der Waals surface area contributed by atoms with Gasteiger partial charge in [-0.25, -0.2) is 0 Å². The van der Waals surface area contributed by atoms with Crippen LogP contribution in [-0.2, 0) is 16.1 Å². The van der Waals surface area contributed by atoms with Gasteiger partial charge in [-0.1, -0.05) is 6.07 Å². The van der Waals surface area contributed by atoms with Crippen molar-refractivity contribution in [3.8, 4) is 0 Å². The molecule has 0 atom stereocenters. The fourth-order valence-electron chi connectivity index (χ4n) is 1.64. The molecule has 0 fully saturated rings. The zero-order valence-electron chi connectivity index (χ0n) is 10.8. The Morgan fingerprint density at radius 3 is 2.88 bits per heavy atom. The fourth-order valence-corrected chi connectivity index (χ4v) is 1.64. The van der Waals surface area contributed by atoms with Crippen LogP contribution in [-0.4, -0.2) is 36.6 Å². The zero-order valence-corrected chi connectivity index (χ0v) is 10.8. The normalized spacial score (nSPS) is 10.6. The van der Waals surface area contributed by atoms with Gasteiger partial charge in [-0.05, 0) is 39.1 Å². The Hall–Kier alpha value is -1.42. The van der Waals surface area contributed by atoms with Crippen molar-refractivity contribution in [2.24, 2.45) is 0 Å². The molecule has 0 bridgehead atoms. The summed E-state index contributed by atoms with van der Waals surface area (Å²) in [5.74, 6) is -0.146. The predicted molar refractivity (Wildman–Crippen MR) is 66.6 cm³/mol. The third-order valence-electron chi connectivity index (χ3n) is 2.53. The van der Waals surface area contributed by atoms with Crippen LogP contribution in [0.25, 0.3) is 0 Å². The lowest BCUT2D eigenvalue weighted by atomic mass is 10.2. The molecule has 4 heteroatoms. The Morgan fingerprint density at radius 2 is 2.24 bits per heavy atom. The summed E-state index contributed by atoms with van der Waals surface area (Å²) in [6.45, 7) is 3.66. The molecule has 1 aromatic heterocycles. The van der Waals surface area contributed by atoms with Gasteiger partial charge in [0.25, 0.3) is 0 Å². The van der Waals surface area contributed by atoms with Gasteiger partial charge in [-0.15, -0.1) is 0 Å². The maximum absolute atomic E-state index is 10.9. The topological polar surface area (TPSA) is 42.4 Å². The highest BCUT2D eigenvalue weighted by Crippen LogP contribution is 2.03. The summed E-state index contributed by atoms with van der Waals surface area (Å²) in [7, 11) is 3.45. The lowest BCUT2D eigenvalue weighted by Gasteiger charge is -2.15. The molecule has 0 amide bonds. The molecular weight excluding hydrogens is 216 g/mol. The number of aromatic nitrogens is 1. The van der Waals surface area contributed by atoms with E-state index in [1.807, 2.05) is 32.2 Å². The first-order chi connectivity index (χ1) is 8.11. The number of rotatable bonds is 6. The van der Waals surface area contributed by atoms with Crippen LogP contribution in [0.1, 0.15) is 24.2 Å². The molecule has 0 aliphatic heterocycles. The molecule has 0 spiro atoms. The van der Waals surface area contributed by atoms with Crippen LogP contribution in [0.5, 0.6) is 0 Å². The number of carbonyl (C=O) groups excluding carboxylic acids is 1. The molecular formula is C13H20N2O2. The number of pyridine rings is 1. The van der Waals surface area contributed by atoms with Crippen molar-refractivity contribution in [1.29, 1.82) is 0 Å². The van der Waals surface area contributed by atoms with Crippen molar-refractivity contribution in [3.63, 3.8) is 0 Å². The van der Waals surface area contributed by atoms with Crippen LogP contribution in [0.2, 0.25) is 0 Å². The molecule has 1 heterocycles. The molecule has 1 rings (SSSR count). The maximum Gasteiger partial charge on any atom is 0.305 e. The van der Waals surface area contributed by atoms with Gasteiger partial charge < -0.3 is 9.64 Å². The summed E-state index contributed by atoms with van der Waals surface area (Å²) < 4.78 is 4.60. The number of esters is 1. The van der Waals surface area contributed by atoms with Crippen molar-refractivity contribution in [2.75, 3.05) is 20.7 Å². The first kappa shape index (κ1) is 13.6. The number of ether oxygens (including phenoxy) is 1. The molecule has 0 N–H and O–H groups in total. The monoisotopic (exact) mass is 236 g/mol. The minimum atomic E-state index is -0.146. The van der Waals surface area contributed by atoms with Gasteiger partial charge in [0.1, 0.15) is 0 Å². The number of hydrogen-bond donors (Lipinski definition) is 0. The van der Waals surface area contributed by atoms with E-state index in [0.29, 0.717) is 6.42 Å². The van der Waals surface area contributed by atoms with E-state index < -0.39 is 0 Å². The van der Waals surface area contributed by atoms with E-state index in [1.165, 1.54) is 7.11 Å². The molecule has 0 unspecified atom stereocenters. The van der Waals surface area contributed by atoms with E-state index in [4.69, 9.17) is 0 Å². The Labute approximate surface area is 103 Å². The van der Waals surface area contributed by atoms with Crippen LogP contribution in [0, 0.1) is 6.92 Å². The highest BCUT2D eigenvalue weighted by atomic mass is 16.5. The number of nitrogens with zero attached hydrogens (tertiary/aromatic N) is 2. The van der Waals surface area contributed by atoms with Crippen molar-refractivity contribution in [3.05, 3.63) is 29.6 Å². The van der Waals surface area contributed by atoms with E-state index >= 15 is 0 Å². The largest absolute Gasteiger partial charge is 0.469 e.